The molecule has 12 nitrogen and oxygen atoms in total. The molecule has 0 fully saturated rings. The van der Waals surface area contributed by atoms with Crippen molar-refractivity contribution in [3.63, 3.8) is 0 Å². The van der Waals surface area contributed by atoms with E-state index < -0.39 is 5.91 Å². The normalized spacial score (nSPS) is 12.2. The number of anilines is 8. The molecule has 1 amide bonds. The van der Waals surface area contributed by atoms with Crippen LogP contribution in [0, 0.1) is 58.8 Å². The number of amides is 1. The van der Waals surface area contributed by atoms with E-state index in [1.54, 1.807) is 47.4 Å². The summed E-state index contributed by atoms with van der Waals surface area (Å²) in [5, 5.41) is 34.4. The highest BCUT2D eigenvalue weighted by molar-refractivity contribution is 8.00. The molecule has 0 unspecified atom stereocenters. The molecule has 12 rings (SSSR count). The fraction of sp³-hybridized carbons (Fsp3) is 0.145. The third-order valence-electron chi connectivity index (χ3n) is 13.5. The Balaban J connectivity index is 0.000000145. The first-order valence-corrected chi connectivity index (χ1v) is 30.5. The van der Waals surface area contributed by atoms with Gasteiger partial charge in [-0.25, -0.2) is 6.57 Å². The minimum Gasteiger partial charge on any atom is -0.365 e. The van der Waals surface area contributed by atoms with Crippen LogP contribution < -0.4 is 25.3 Å². The van der Waals surface area contributed by atoms with Crippen molar-refractivity contribution in [3.8, 4) is 24.3 Å². The Morgan fingerprint density at radius 3 is 1.18 bits per heavy atom. The quantitative estimate of drug-likeness (QED) is 0.0500. The number of allylic oxidation sites excluding steroid dienone is 1. The van der Waals surface area contributed by atoms with E-state index in [9.17, 15) is 9.59 Å². The van der Waals surface area contributed by atoms with Gasteiger partial charge in [0.2, 0.25) is 0 Å². The number of nitrogens with zero attached hydrogens (tertiary/aromatic N) is 9. The van der Waals surface area contributed by atoms with Gasteiger partial charge in [-0.15, -0.1) is 0 Å². The molecule has 0 aliphatic carbocycles. The van der Waals surface area contributed by atoms with Gasteiger partial charge >= 0.3 is 0 Å². The number of benzene rings is 8. The molecule has 2 N–H and O–H groups in total. The first-order chi connectivity index (χ1) is 41.4. The SMILES string of the molecule is CCN1c2ccc(C=C(C#N)C(N)=O)cc2Sc2ccc(C)cc21.CCN1c2ccccc2Sc2cc(C=C(C#N)C#N)ccc21.CCN1c2ccccc2Sc2cc(C=O)ccc21.CCN1c2ccccc2Sc2ccccc21.[C-]#[N+]CC#N. The average Bonchev–Trinajstić information content (AvgIpc) is 2.85. The van der Waals surface area contributed by atoms with Gasteiger partial charge in [0.25, 0.3) is 12.5 Å². The average molecular weight is 1190 g/mol. The number of carbonyl (C=O) groups excluding carboxylic acids is 2. The Labute approximate surface area is 514 Å². The maximum atomic E-state index is 11.2. The summed E-state index contributed by atoms with van der Waals surface area (Å²) in [5.41, 5.74) is 18.7. The monoisotopic (exact) mass is 1190 g/mol. The number of primary amides is 1. The molecule has 8 aromatic rings. The van der Waals surface area contributed by atoms with Gasteiger partial charge in [-0.2, -0.15) is 21.0 Å². The third kappa shape index (κ3) is 14.4. The van der Waals surface area contributed by atoms with E-state index in [0.29, 0.717) is 0 Å². The van der Waals surface area contributed by atoms with Crippen molar-refractivity contribution in [3.05, 3.63) is 215 Å². The van der Waals surface area contributed by atoms with Gasteiger partial charge in [0, 0.05) is 70.9 Å². The highest BCUT2D eigenvalue weighted by Gasteiger charge is 2.26. The zero-order chi connectivity index (χ0) is 60.4. The minimum atomic E-state index is -0.709. The standard InChI is InChI=1S/C19H17N3OS.C18H13N3S.C15H13NOS.C14H13NS.C3H2N2/c1-3-22-15-6-5-13(9-14(11-20)19(21)23)10-18(15)24-17-7-4-12(2)8-16(17)22;1-2-21-15-5-3-4-6-17(15)22-18-10-13(7-8-16(18)21)9-14(11-19)12-20;1-2-16-12-5-3-4-6-14(12)18-15-9-11(10-17)7-8-13(15)16;1-2-15-11-7-3-5-9-13(11)16-14-10-6-4-8-12(14)15;1-5-3-2-4/h4-10H,3H2,1-2H3,(H2,21,23);3-10H,2H2,1H3;3-10H,2H2,1H3;3-10H,2H2,1H3;3H2. The fourth-order valence-corrected chi connectivity index (χ4v) is 14.2. The fourth-order valence-electron chi connectivity index (χ4n) is 9.72. The summed E-state index contributed by atoms with van der Waals surface area (Å²) in [6.45, 7) is 20.4. The zero-order valence-electron chi connectivity index (χ0n) is 47.5. The summed E-state index contributed by atoms with van der Waals surface area (Å²) in [4.78, 5) is 43.8. The Bertz CT molecular complexity index is 4010. The van der Waals surface area contributed by atoms with Gasteiger partial charge in [-0.3, -0.25) is 9.59 Å². The molecule has 4 aliphatic heterocycles. The molecular weight excluding hydrogens is 1130 g/mol. The molecule has 0 saturated heterocycles. The maximum Gasteiger partial charge on any atom is 0.298 e. The number of aryl methyl sites for hydroxylation is 1. The lowest BCUT2D eigenvalue weighted by molar-refractivity contribution is -0.114. The van der Waals surface area contributed by atoms with Crippen LogP contribution in [0.5, 0.6) is 0 Å². The number of nitrogens with two attached hydrogens (primary N) is 1. The predicted octanol–water partition coefficient (Wildman–Crippen LogP) is 17.6. The van der Waals surface area contributed by atoms with Crippen molar-refractivity contribution in [2.45, 2.75) is 73.8 Å². The summed E-state index contributed by atoms with van der Waals surface area (Å²) < 4.78 is 0. The van der Waals surface area contributed by atoms with Gasteiger partial charge in [0.05, 0.1) is 45.5 Å². The Morgan fingerprint density at radius 1 is 0.471 bits per heavy atom. The second kappa shape index (κ2) is 29.6. The second-order valence-corrected chi connectivity index (χ2v) is 23.2. The number of aldehydes is 1. The van der Waals surface area contributed by atoms with Crippen LogP contribution in [-0.4, -0.2) is 44.9 Å². The van der Waals surface area contributed by atoms with Crippen molar-refractivity contribution >= 4 is 117 Å². The van der Waals surface area contributed by atoms with Crippen LogP contribution in [0.25, 0.3) is 17.0 Å². The molecule has 8 aromatic carbocycles. The molecule has 16 heteroatoms. The lowest BCUT2D eigenvalue weighted by Crippen LogP contribution is -2.20. The molecule has 0 radical (unpaired) electrons. The van der Waals surface area contributed by atoms with Crippen LogP contribution in [0.15, 0.2) is 220 Å². The van der Waals surface area contributed by atoms with Crippen LogP contribution in [0.1, 0.15) is 54.7 Å². The van der Waals surface area contributed by atoms with Crippen LogP contribution in [0.2, 0.25) is 0 Å². The predicted molar refractivity (Wildman–Crippen MR) is 348 cm³/mol. The van der Waals surface area contributed by atoms with E-state index >= 15 is 0 Å². The Hall–Kier alpha value is -9.57. The van der Waals surface area contributed by atoms with Crippen molar-refractivity contribution in [2.75, 3.05) is 52.3 Å². The smallest absolute Gasteiger partial charge is 0.298 e. The van der Waals surface area contributed by atoms with Crippen molar-refractivity contribution in [1.29, 1.82) is 21.0 Å². The number of nitriles is 4. The lowest BCUT2D eigenvalue weighted by Gasteiger charge is -2.32. The first-order valence-electron chi connectivity index (χ1n) is 27.2. The Kier molecular flexibility index (Phi) is 21.4. The molecule has 0 bridgehead atoms. The highest BCUT2D eigenvalue weighted by atomic mass is 32.2. The summed E-state index contributed by atoms with van der Waals surface area (Å²) >= 11 is 7.01. The first kappa shape index (κ1) is 61.5. The van der Waals surface area contributed by atoms with Crippen LogP contribution in [-0.2, 0) is 4.79 Å². The summed E-state index contributed by atoms with van der Waals surface area (Å²) in [7, 11) is 0. The Morgan fingerprint density at radius 2 is 0.824 bits per heavy atom. The highest BCUT2D eigenvalue weighted by Crippen LogP contribution is 2.52. The lowest BCUT2D eigenvalue weighted by atomic mass is 10.1. The van der Waals surface area contributed by atoms with Crippen molar-refractivity contribution in [1.82, 2.24) is 0 Å². The second-order valence-electron chi connectivity index (χ2n) is 18.8. The summed E-state index contributed by atoms with van der Waals surface area (Å²) in [5.74, 6) is -0.709. The number of fused-ring (bicyclic) bond motifs is 8. The van der Waals surface area contributed by atoms with Gasteiger partial charge in [-0.1, -0.05) is 114 Å². The number of carbonyl (C=O) groups is 2. The van der Waals surface area contributed by atoms with E-state index in [0.717, 1.165) is 69.5 Å². The molecule has 0 saturated carbocycles. The van der Waals surface area contributed by atoms with Crippen molar-refractivity contribution in [2.24, 2.45) is 5.73 Å². The summed E-state index contributed by atoms with van der Waals surface area (Å²) in [6, 6.07) is 65.5. The van der Waals surface area contributed by atoms with Crippen LogP contribution in [0.3, 0.4) is 0 Å². The third-order valence-corrected chi connectivity index (χ3v) is 18.0. The van der Waals surface area contributed by atoms with Gasteiger partial charge in [-0.05, 0) is 167 Å². The van der Waals surface area contributed by atoms with Gasteiger partial charge in [0.1, 0.15) is 41.7 Å². The molecule has 0 spiro atoms. The van der Waals surface area contributed by atoms with E-state index in [1.807, 2.05) is 90.6 Å². The molecular formula is C69H58N10O2S4. The van der Waals surface area contributed by atoms with Gasteiger partial charge in [0.15, 0.2) is 0 Å². The number of para-hydroxylation sites is 4. The maximum absolute atomic E-state index is 11.2. The molecule has 85 heavy (non-hydrogen) atoms. The van der Waals surface area contributed by atoms with E-state index in [4.69, 9.17) is 33.4 Å². The van der Waals surface area contributed by atoms with E-state index in [-0.39, 0.29) is 17.7 Å². The number of hydrogen-bond donors (Lipinski definition) is 1. The number of hydrogen-bond acceptors (Lipinski definition) is 14. The zero-order valence-corrected chi connectivity index (χ0v) is 50.8. The minimum absolute atomic E-state index is 0.0139. The molecule has 4 aliphatic rings. The summed E-state index contributed by atoms with van der Waals surface area (Å²) in [6.07, 6.45) is 4.05. The van der Waals surface area contributed by atoms with E-state index in [2.05, 4.69) is 168 Å². The van der Waals surface area contributed by atoms with E-state index in [1.165, 1.54) is 75.9 Å². The van der Waals surface area contributed by atoms with Crippen LogP contribution in [0.4, 0.5) is 45.5 Å². The molecule has 0 aromatic heterocycles. The van der Waals surface area contributed by atoms with Gasteiger partial charge < -0.3 is 30.2 Å². The topological polar surface area (TPSA) is 173 Å². The molecule has 420 valence electrons. The number of rotatable bonds is 8. The van der Waals surface area contributed by atoms with Crippen LogP contribution >= 0.6 is 47.0 Å². The largest absolute Gasteiger partial charge is 0.365 e. The molecule has 0 atom stereocenters. The van der Waals surface area contributed by atoms with Crippen molar-refractivity contribution < 1.29 is 9.59 Å². The molecule has 4 heterocycles.